The van der Waals surface area contributed by atoms with Crippen molar-refractivity contribution < 1.29 is 0 Å². The van der Waals surface area contributed by atoms with Crippen LogP contribution in [0.2, 0.25) is 0 Å². The van der Waals surface area contributed by atoms with Gasteiger partial charge in [-0.2, -0.15) is 0 Å². The lowest BCUT2D eigenvalue weighted by Crippen LogP contribution is -2.42. The van der Waals surface area contributed by atoms with E-state index in [9.17, 15) is 0 Å². The van der Waals surface area contributed by atoms with E-state index in [-0.39, 0.29) is 12.4 Å². The maximum Gasteiger partial charge on any atom is 0.106 e. The molecule has 24 heavy (non-hydrogen) atoms. The summed E-state index contributed by atoms with van der Waals surface area (Å²) in [7, 11) is 0. The van der Waals surface area contributed by atoms with Crippen molar-refractivity contribution >= 4 is 23.4 Å². The van der Waals surface area contributed by atoms with Crippen LogP contribution in [0, 0.1) is 12.3 Å². The first-order chi connectivity index (χ1) is 11.1. The molecular formula is C19H29ClN4. The Balaban J connectivity index is 0.00000169. The van der Waals surface area contributed by atoms with Gasteiger partial charge in [0.2, 0.25) is 0 Å². The first-order valence-corrected chi connectivity index (χ1v) is 9.01. The summed E-state index contributed by atoms with van der Waals surface area (Å²) in [6.07, 6.45) is 3.80. The molecule has 132 valence electrons. The molecule has 5 heteroatoms. The highest BCUT2D eigenvalue weighted by Gasteiger charge is 2.32. The minimum absolute atomic E-state index is 0. The van der Waals surface area contributed by atoms with Gasteiger partial charge in [-0.05, 0) is 50.3 Å². The van der Waals surface area contributed by atoms with Crippen LogP contribution in [0.3, 0.4) is 0 Å². The van der Waals surface area contributed by atoms with Gasteiger partial charge in [-0.15, -0.1) is 12.4 Å². The van der Waals surface area contributed by atoms with Crippen LogP contribution >= 0.6 is 12.4 Å². The number of aryl methyl sites for hydroxylation is 1. The molecule has 0 amide bonds. The van der Waals surface area contributed by atoms with Crippen LogP contribution in [0.25, 0.3) is 11.0 Å². The van der Waals surface area contributed by atoms with E-state index < -0.39 is 0 Å². The fourth-order valence-corrected chi connectivity index (χ4v) is 4.51. The van der Waals surface area contributed by atoms with Crippen LogP contribution < -0.4 is 5.32 Å². The van der Waals surface area contributed by atoms with Gasteiger partial charge in [0.25, 0.3) is 0 Å². The predicted octanol–water partition coefficient (Wildman–Crippen LogP) is 3.40. The smallest absolute Gasteiger partial charge is 0.106 e. The van der Waals surface area contributed by atoms with Gasteiger partial charge in [0.1, 0.15) is 5.82 Å². The van der Waals surface area contributed by atoms with Gasteiger partial charge >= 0.3 is 0 Å². The van der Waals surface area contributed by atoms with E-state index in [0.29, 0.717) is 11.5 Å². The number of imidazole rings is 1. The van der Waals surface area contributed by atoms with Gasteiger partial charge in [-0.3, -0.25) is 0 Å². The lowest BCUT2D eigenvalue weighted by Gasteiger charge is -2.37. The molecule has 0 saturated carbocycles. The van der Waals surface area contributed by atoms with Gasteiger partial charge in [-0.25, -0.2) is 4.98 Å². The number of benzene rings is 1. The molecule has 0 spiro atoms. The van der Waals surface area contributed by atoms with E-state index in [0.717, 1.165) is 11.3 Å². The average Bonchev–Trinajstić information content (AvgIpc) is 3.11. The second-order valence-corrected chi connectivity index (χ2v) is 7.76. The molecule has 4 rings (SSSR count). The highest BCUT2D eigenvalue weighted by atomic mass is 35.5. The summed E-state index contributed by atoms with van der Waals surface area (Å²) in [5.41, 5.74) is 2.91. The van der Waals surface area contributed by atoms with Crippen molar-refractivity contribution in [2.45, 2.75) is 39.2 Å². The number of likely N-dealkylation sites (tertiary alicyclic amines) is 1. The summed E-state index contributed by atoms with van der Waals surface area (Å²) >= 11 is 0. The zero-order valence-electron chi connectivity index (χ0n) is 14.8. The number of nitrogens with one attached hydrogen (secondary N) is 1. The number of hydrogen-bond acceptors (Lipinski definition) is 3. The van der Waals surface area contributed by atoms with Crippen molar-refractivity contribution in [2.75, 3.05) is 32.7 Å². The van der Waals surface area contributed by atoms with Crippen LogP contribution in [0.4, 0.5) is 0 Å². The van der Waals surface area contributed by atoms with Crippen molar-refractivity contribution in [2.24, 2.45) is 5.41 Å². The van der Waals surface area contributed by atoms with Crippen molar-refractivity contribution in [1.29, 1.82) is 0 Å². The van der Waals surface area contributed by atoms with Crippen molar-refractivity contribution in [3.63, 3.8) is 0 Å². The maximum absolute atomic E-state index is 4.74. The SMILES string of the molecule is Cc1nc2ccccc2n1C1CCN(CC2(C)CCNC2)CC1.Cl. The molecule has 0 aliphatic carbocycles. The molecular weight excluding hydrogens is 320 g/mol. The normalized spacial score (nSPS) is 25.9. The molecule has 2 aromatic rings. The van der Waals surface area contributed by atoms with E-state index >= 15 is 0 Å². The van der Waals surface area contributed by atoms with E-state index in [1.165, 1.54) is 57.5 Å². The van der Waals surface area contributed by atoms with Crippen LogP contribution in [-0.4, -0.2) is 47.2 Å². The number of nitrogens with zero attached hydrogens (tertiary/aromatic N) is 3. The number of fused-ring (bicyclic) bond motifs is 1. The van der Waals surface area contributed by atoms with Gasteiger partial charge in [0.15, 0.2) is 0 Å². The molecule has 0 bridgehead atoms. The second-order valence-electron chi connectivity index (χ2n) is 7.76. The molecule has 1 atom stereocenters. The van der Waals surface area contributed by atoms with Crippen LogP contribution in [0.5, 0.6) is 0 Å². The molecule has 2 aliphatic rings. The zero-order valence-corrected chi connectivity index (χ0v) is 15.6. The topological polar surface area (TPSA) is 33.1 Å². The van der Waals surface area contributed by atoms with Gasteiger partial charge < -0.3 is 14.8 Å². The molecule has 2 saturated heterocycles. The molecule has 0 radical (unpaired) electrons. The summed E-state index contributed by atoms with van der Waals surface area (Å²) in [6.45, 7) is 10.6. The Labute approximate surface area is 151 Å². The van der Waals surface area contributed by atoms with Gasteiger partial charge in [0, 0.05) is 32.2 Å². The molecule has 2 aliphatic heterocycles. The second kappa shape index (κ2) is 7.03. The van der Waals surface area contributed by atoms with Crippen molar-refractivity contribution in [1.82, 2.24) is 19.8 Å². The number of halogens is 1. The van der Waals surface area contributed by atoms with E-state index in [2.05, 4.69) is 52.9 Å². The lowest BCUT2D eigenvalue weighted by molar-refractivity contribution is 0.131. The quantitative estimate of drug-likeness (QED) is 0.922. The predicted molar refractivity (Wildman–Crippen MR) is 102 cm³/mol. The fourth-order valence-electron chi connectivity index (χ4n) is 4.51. The summed E-state index contributed by atoms with van der Waals surface area (Å²) in [6, 6.07) is 9.16. The Bertz CT molecular complexity index is 682. The summed E-state index contributed by atoms with van der Waals surface area (Å²) in [5, 5.41) is 3.52. The minimum Gasteiger partial charge on any atom is -0.325 e. The third-order valence-electron chi connectivity index (χ3n) is 5.76. The first-order valence-electron chi connectivity index (χ1n) is 9.01. The molecule has 4 nitrogen and oxygen atoms in total. The van der Waals surface area contributed by atoms with Crippen LogP contribution in [-0.2, 0) is 0 Å². The van der Waals surface area contributed by atoms with Crippen LogP contribution in [0.15, 0.2) is 24.3 Å². The Morgan fingerprint density at radius 3 is 2.71 bits per heavy atom. The van der Waals surface area contributed by atoms with Gasteiger partial charge in [-0.1, -0.05) is 19.1 Å². The molecule has 3 heterocycles. The van der Waals surface area contributed by atoms with Crippen molar-refractivity contribution in [3.8, 4) is 0 Å². The third-order valence-corrected chi connectivity index (χ3v) is 5.76. The first kappa shape index (κ1) is 17.7. The lowest BCUT2D eigenvalue weighted by atomic mass is 9.88. The molecule has 1 unspecified atom stereocenters. The number of piperidine rings is 1. The number of aromatic nitrogens is 2. The number of para-hydroxylation sites is 2. The Kier molecular flexibility index (Phi) is 5.19. The highest BCUT2D eigenvalue weighted by Crippen LogP contribution is 2.31. The van der Waals surface area contributed by atoms with Crippen molar-refractivity contribution in [3.05, 3.63) is 30.1 Å². The average molecular weight is 349 g/mol. The van der Waals surface area contributed by atoms with E-state index in [1.807, 2.05) is 0 Å². The number of rotatable bonds is 3. The molecule has 1 aromatic heterocycles. The third kappa shape index (κ3) is 3.32. The highest BCUT2D eigenvalue weighted by molar-refractivity contribution is 5.85. The van der Waals surface area contributed by atoms with E-state index in [4.69, 9.17) is 4.98 Å². The largest absolute Gasteiger partial charge is 0.325 e. The Hall–Kier alpha value is -1.10. The summed E-state index contributed by atoms with van der Waals surface area (Å²) in [5.74, 6) is 1.16. The van der Waals surface area contributed by atoms with Gasteiger partial charge in [0.05, 0.1) is 11.0 Å². The standard InChI is InChI=1S/C19H28N4.ClH/c1-15-21-17-5-3-4-6-18(17)23(15)16-7-11-22(12-8-16)14-19(2)9-10-20-13-19;/h3-6,16,20H,7-14H2,1-2H3;1H. The Morgan fingerprint density at radius 1 is 1.25 bits per heavy atom. The summed E-state index contributed by atoms with van der Waals surface area (Å²) in [4.78, 5) is 7.42. The molecule has 2 fully saturated rings. The number of hydrogen-bond donors (Lipinski definition) is 1. The fraction of sp³-hybridized carbons (Fsp3) is 0.632. The monoisotopic (exact) mass is 348 g/mol. The van der Waals surface area contributed by atoms with E-state index in [1.54, 1.807) is 0 Å². The molecule has 1 aromatic carbocycles. The summed E-state index contributed by atoms with van der Waals surface area (Å²) < 4.78 is 2.48. The molecule has 1 N–H and O–H groups in total. The maximum atomic E-state index is 4.74. The Morgan fingerprint density at radius 2 is 2.00 bits per heavy atom. The zero-order chi connectivity index (χ0) is 15.9. The van der Waals surface area contributed by atoms with Crippen LogP contribution in [0.1, 0.15) is 38.1 Å². The minimum atomic E-state index is 0.